The summed E-state index contributed by atoms with van der Waals surface area (Å²) in [7, 11) is 0. The normalized spacial score (nSPS) is 18.7. The second kappa shape index (κ2) is 11.1. The molecule has 2 heterocycles. The van der Waals surface area contributed by atoms with Crippen LogP contribution in [0, 0.1) is 5.92 Å². The summed E-state index contributed by atoms with van der Waals surface area (Å²) in [6.45, 7) is 5.78. The van der Waals surface area contributed by atoms with Gasteiger partial charge in [0.05, 0.1) is 11.9 Å². The highest BCUT2D eigenvalue weighted by molar-refractivity contribution is 6.39. The fourth-order valence-electron chi connectivity index (χ4n) is 4.19. The lowest BCUT2D eigenvalue weighted by Gasteiger charge is -2.29. The van der Waals surface area contributed by atoms with Crippen LogP contribution in [-0.2, 0) is 20.9 Å². The predicted octanol–water partition coefficient (Wildman–Crippen LogP) is 1.12. The predicted molar refractivity (Wildman–Crippen MR) is 114 cm³/mol. The lowest BCUT2D eigenvalue weighted by molar-refractivity contribution is -0.136. The topological polar surface area (TPSA) is 108 Å². The summed E-state index contributed by atoms with van der Waals surface area (Å²) < 4.78 is 1.46. The summed E-state index contributed by atoms with van der Waals surface area (Å²) in [5, 5.41) is 12.3. The van der Waals surface area contributed by atoms with Crippen molar-refractivity contribution in [2.24, 2.45) is 5.92 Å². The molecule has 1 atom stereocenters. The van der Waals surface area contributed by atoms with E-state index in [0.29, 0.717) is 12.2 Å². The largest absolute Gasteiger partial charge is 0.352 e. The highest BCUT2D eigenvalue weighted by atomic mass is 16.2. The molecule has 3 rings (SSSR count). The molecule has 9 heteroatoms. The van der Waals surface area contributed by atoms with Crippen LogP contribution >= 0.6 is 0 Å². The van der Waals surface area contributed by atoms with Gasteiger partial charge < -0.3 is 20.9 Å². The molecule has 2 aliphatic rings. The monoisotopic (exact) mass is 418 g/mol. The number of likely N-dealkylation sites (tertiary alicyclic amines) is 1. The van der Waals surface area contributed by atoms with E-state index in [1.54, 1.807) is 6.20 Å². The van der Waals surface area contributed by atoms with Crippen LogP contribution in [0.15, 0.2) is 12.4 Å². The fraction of sp³-hybridized carbons (Fsp3) is 0.714. The third-order valence-electron chi connectivity index (χ3n) is 5.75. The Labute approximate surface area is 177 Å². The van der Waals surface area contributed by atoms with Crippen molar-refractivity contribution in [1.82, 2.24) is 25.3 Å². The van der Waals surface area contributed by atoms with Crippen LogP contribution in [0.25, 0.3) is 0 Å². The van der Waals surface area contributed by atoms with Crippen molar-refractivity contribution >= 4 is 23.4 Å². The van der Waals surface area contributed by atoms with Crippen LogP contribution in [-0.4, -0.2) is 64.6 Å². The summed E-state index contributed by atoms with van der Waals surface area (Å²) >= 11 is 0. The number of rotatable bonds is 8. The summed E-state index contributed by atoms with van der Waals surface area (Å²) in [5.74, 6) is -1.20. The second-order valence-corrected chi connectivity index (χ2v) is 8.61. The van der Waals surface area contributed by atoms with E-state index in [1.807, 2.05) is 0 Å². The molecule has 1 aromatic heterocycles. The van der Waals surface area contributed by atoms with E-state index < -0.39 is 11.8 Å². The van der Waals surface area contributed by atoms with Crippen LogP contribution in [0.2, 0.25) is 0 Å². The van der Waals surface area contributed by atoms with E-state index in [4.69, 9.17) is 0 Å². The molecule has 2 fully saturated rings. The van der Waals surface area contributed by atoms with Gasteiger partial charge in [-0.25, -0.2) is 0 Å². The number of hydrogen-bond donors (Lipinski definition) is 3. The molecule has 1 aliphatic carbocycles. The zero-order chi connectivity index (χ0) is 21.3. The standard InChI is InChI=1S/C21H34N6O3/c1-16(13-26-9-5-2-6-10-26)11-22-20(29)21(30)25-18-12-23-27(14-18)15-19(28)24-17-7-3-4-8-17/h12,14,16-17H,2-11,13,15H2,1H3,(H,22,29)(H,24,28)(H,25,30). The van der Waals surface area contributed by atoms with Gasteiger partial charge in [0.15, 0.2) is 0 Å². The third-order valence-corrected chi connectivity index (χ3v) is 5.75. The number of piperidine rings is 1. The minimum Gasteiger partial charge on any atom is -0.352 e. The van der Waals surface area contributed by atoms with Crippen molar-refractivity contribution < 1.29 is 14.4 Å². The number of carbonyl (C=O) groups is 3. The Kier molecular flexibility index (Phi) is 8.24. The van der Waals surface area contributed by atoms with Crippen LogP contribution < -0.4 is 16.0 Å². The molecule has 166 valence electrons. The molecule has 30 heavy (non-hydrogen) atoms. The number of aromatic nitrogens is 2. The first-order valence-corrected chi connectivity index (χ1v) is 11.1. The Morgan fingerprint density at radius 1 is 1.10 bits per heavy atom. The van der Waals surface area contributed by atoms with Gasteiger partial charge in [-0.05, 0) is 44.7 Å². The van der Waals surface area contributed by atoms with Crippen molar-refractivity contribution in [3.8, 4) is 0 Å². The Bertz CT molecular complexity index is 722. The molecule has 0 spiro atoms. The second-order valence-electron chi connectivity index (χ2n) is 8.61. The number of hydrogen-bond acceptors (Lipinski definition) is 5. The number of nitrogens with one attached hydrogen (secondary N) is 3. The number of nitrogens with zero attached hydrogens (tertiary/aromatic N) is 3. The molecule has 1 saturated heterocycles. The Morgan fingerprint density at radius 2 is 1.83 bits per heavy atom. The summed E-state index contributed by atoms with van der Waals surface area (Å²) in [6, 6.07) is 0.258. The van der Waals surface area contributed by atoms with Gasteiger partial charge in [-0.3, -0.25) is 19.1 Å². The van der Waals surface area contributed by atoms with Crippen molar-refractivity contribution in [2.75, 3.05) is 31.5 Å². The lowest BCUT2D eigenvalue weighted by Crippen LogP contribution is -2.41. The number of amides is 3. The summed E-state index contributed by atoms with van der Waals surface area (Å²) in [6.07, 6.45) is 11.1. The van der Waals surface area contributed by atoms with Crippen LogP contribution in [0.1, 0.15) is 51.9 Å². The van der Waals surface area contributed by atoms with E-state index in [0.717, 1.165) is 45.3 Å². The van der Waals surface area contributed by atoms with Gasteiger partial charge in [0.2, 0.25) is 5.91 Å². The molecule has 3 amide bonds. The fourth-order valence-corrected chi connectivity index (χ4v) is 4.19. The molecule has 0 aromatic carbocycles. The maximum Gasteiger partial charge on any atom is 0.313 e. The molecule has 0 radical (unpaired) electrons. The lowest BCUT2D eigenvalue weighted by atomic mass is 10.1. The molecule has 1 aliphatic heterocycles. The quantitative estimate of drug-likeness (QED) is 0.548. The maximum atomic E-state index is 12.1. The van der Waals surface area contributed by atoms with Gasteiger partial charge in [0.25, 0.3) is 0 Å². The molecule has 9 nitrogen and oxygen atoms in total. The molecule has 1 saturated carbocycles. The van der Waals surface area contributed by atoms with Crippen molar-refractivity contribution in [2.45, 2.75) is 64.5 Å². The zero-order valence-electron chi connectivity index (χ0n) is 17.9. The van der Waals surface area contributed by atoms with Crippen molar-refractivity contribution in [1.29, 1.82) is 0 Å². The minimum absolute atomic E-state index is 0.0899. The molecule has 1 unspecified atom stereocenters. The molecule has 3 N–H and O–H groups in total. The first kappa shape index (κ1) is 22.3. The Balaban J connectivity index is 1.36. The van der Waals surface area contributed by atoms with Gasteiger partial charge in [0, 0.05) is 25.3 Å². The summed E-state index contributed by atoms with van der Waals surface area (Å²) in [4.78, 5) is 38.7. The van der Waals surface area contributed by atoms with Gasteiger partial charge in [-0.2, -0.15) is 5.10 Å². The molecular weight excluding hydrogens is 384 g/mol. The first-order chi connectivity index (χ1) is 14.5. The van der Waals surface area contributed by atoms with Crippen LogP contribution in [0.4, 0.5) is 5.69 Å². The smallest absolute Gasteiger partial charge is 0.313 e. The van der Waals surface area contributed by atoms with Crippen LogP contribution in [0.5, 0.6) is 0 Å². The van der Waals surface area contributed by atoms with Crippen molar-refractivity contribution in [3.63, 3.8) is 0 Å². The van der Waals surface area contributed by atoms with Gasteiger partial charge in [-0.15, -0.1) is 0 Å². The van der Waals surface area contributed by atoms with Crippen LogP contribution in [0.3, 0.4) is 0 Å². The Morgan fingerprint density at radius 3 is 2.57 bits per heavy atom. The van der Waals surface area contributed by atoms with Crippen molar-refractivity contribution in [3.05, 3.63) is 12.4 Å². The first-order valence-electron chi connectivity index (χ1n) is 11.1. The molecular formula is C21H34N6O3. The third kappa shape index (κ3) is 7.12. The maximum absolute atomic E-state index is 12.1. The average Bonchev–Trinajstić information content (AvgIpc) is 3.39. The molecule has 0 bridgehead atoms. The van der Waals surface area contributed by atoms with E-state index in [9.17, 15) is 14.4 Å². The highest BCUT2D eigenvalue weighted by Crippen LogP contribution is 2.17. The SMILES string of the molecule is CC(CNC(=O)C(=O)Nc1cnn(CC(=O)NC2CCCC2)c1)CN1CCCCC1. The molecule has 1 aromatic rings. The van der Waals surface area contributed by atoms with Gasteiger partial charge in [-0.1, -0.05) is 26.2 Å². The highest BCUT2D eigenvalue weighted by Gasteiger charge is 2.19. The minimum atomic E-state index is -0.727. The average molecular weight is 419 g/mol. The van der Waals surface area contributed by atoms with E-state index in [1.165, 1.54) is 30.1 Å². The zero-order valence-corrected chi connectivity index (χ0v) is 17.9. The number of carbonyl (C=O) groups excluding carboxylic acids is 3. The van der Waals surface area contributed by atoms with E-state index in [-0.39, 0.29) is 24.4 Å². The van der Waals surface area contributed by atoms with E-state index in [2.05, 4.69) is 32.9 Å². The van der Waals surface area contributed by atoms with Gasteiger partial charge in [0.1, 0.15) is 6.54 Å². The summed E-state index contributed by atoms with van der Waals surface area (Å²) in [5.41, 5.74) is 0.394. The number of anilines is 1. The van der Waals surface area contributed by atoms with E-state index >= 15 is 0 Å². The Hall–Kier alpha value is -2.42. The van der Waals surface area contributed by atoms with Gasteiger partial charge >= 0.3 is 11.8 Å².